The lowest BCUT2D eigenvalue weighted by molar-refractivity contribution is -0.139. The normalized spacial score (nSPS) is 11.6. The Morgan fingerprint density at radius 3 is 2.62 bits per heavy atom. The van der Waals surface area contributed by atoms with Gasteiger partial charge in [-0.05, 0) is 60.5 Å². The predicted octanol–water partition coefficient (Wildman–Crippen LogP) is 2.61. The Labute approximate surface area is 230 Å². The number of nitrogens with one attached hydrogen (secondary N) is 3. The molecule has 40 heavy (non-hydrogen) atoms. The molecule has 0 radical (unpaired) electrons. The highest BCUT2D eigenvalue weighted by molar-refractivity contribution is 6.35. The van der Waals surface area contributed by atoms with Gasteiger partial charge in [-0.1, -0.05) is 12.1 Å². The number of hydrazone groups is 1. The van der Waals surface area contributed by atoms with Crippen molar-refractivity contribution >= 4 is 29.6 Å². The summed E-state index contributed by atoms with van der Waals surface area (Å²) in [6.45, 7) is 2.19. The molecule has 1 aliphatic rings. The second kappa shape index (κ2) is 13.5. The molecule has 3 amide bonds. The number of carbonyl (C=O) groups is 3. The van der Waals surface area contributed by atoms with E-state index in [-0.39, 0.29) is 25.9 Å². The van der Waals surface area contributed by atoms with E-state index in [9.17, 15) is 14.4 Å². The molecule has 12 heteroatoms. The van der Waals surface area contributed by atoms with Crippen molar-refractivity contribution in [2.45, 2.75) is 13.5 Å². The highest BCUT2D eigenvalue weighted by Crippen LogP contribution is 2.32. The molecule has 0 spiro atoms. The van der Waals surface area contributed by atoms with Crippen LogP contribution in [0.25, 0.3) is 0 Å². The maximum absolute atomic E-state index is 12.3. The summed E-state index contributed by atoms with van der Waals surface area (Å²) >= 11 is 0. The number of fused-ring (bicyclic) bond motifs is 1. The lowest BCUT2D eigenvalue weighted by Crippen LogP contribution is -2.37. The Morgan fingerprint density at radius 2 is 1.80 bits per heavy atom. The third-order valence-electron chi connectivity index (χ3n) is 5.46. The lowest BCUT2D eigenvalue weighted by atomic mass is 10.2. The summed E-state index contributed by atoms with van der Waals surface area (Å²) in [7, 11) is 1.54. The Morgan fingerprint density at radius 1 is 0.950 bits per heavy atom. The molecule has 0 fully saturated rings. The van der Waals surface area contributed by atoms with Gasteiger partial charge in [0.25, 0.3) is 5.91 Å². The van der Waals surface area contributed by atoms with Gasteiger partial charge in [-0.3, -0.25) is 14.4 Å². The maximum atomic E-state index is 12.3. The maximum Gasteiger partial charge on any atom is 0.329 e. The second-order valence-electron chi connectivity index (χ2n) is 8.28. The van der Waals surface area contributed by atoms with Crippen LogP contribution in [0.4, 0.5) is 5.69 Å². The quantitative estimate of drug-likeness (QED) is 0.188. The van der Waals surface area contributed by atoms with E-state index in [1.807, 2.05) is 6.92 Å². The predicted molar refractivity (Wildman–Crippen MR) is 145 cm³/mol. The average molecular weight is 549 g/mol. The fourth-order valence-corrected chi connectivity index (χ4v) is 3.56. The first kappa shape index (κ1) is 27.8. The van der Waals surface area contributed by atoms with Gasteiger partial charge in [0.1, 0.15) is 5.75 Å². The topological polar surface area (TPSA) is 146 Å². The first-order valence-electron chi connectivity index (χ1n) is 12.3. The van der Waals surface area contributed by atoms with Crippen LogP contribution in [0.1, 0.15) is 18.1 Å². The smallest absolute Gasteiger partial charge is 0.329 e. The first-order chi connectivity index (χ1) is 19.4. The van der Waals surface area contributed by atoms with Crippen LogP contribution in [0.15, 0.2) is 65.8 Å². The van der Waals surface area contributed by atoms with E-state index < -0.39 is 11.8 Å². The monoisotopic (exact) mass is 548 g/mol. The van der Waals surface area contributed by atoms with Gasteiger partial charge in [0, 0.05) is 18.3 Å². The van der Waals surface area contributed by atoms with Gasteiger partial charge in [0.2, 0.25) is 6.79 Å². The van der Waals surface area contributed by atoms with Crippen LogP contribution in [0.2, 0.25) is 0 Å². The number of carbonyl (C=O) groups excluding carboxylic acids is 3. The summed E-state index contributed by atoms with van der Waals surface area (Å²) < 4.78 is 27.0. The Bertz CT molecular complexity index is 1410. The molecule has 0 saturated carbocycles. The zero-order valence-electron chi connectivity index (χ0n) is 21.9. The molecule has 12 nitrogen and oxygen atoms in total. The zero-order chi connectivity index (χ0) is 28.3. The van der Waals surface area contributed by atoms with Crippen molar-refractivity contribution in [3.63, 3.8) is 0 Å². The minimum atomic E-state index is -0.927. The van der Waals surface area contributed by atoms with Gasteiger partial charge in [-0.15, -0.1) is 0 Å². The number of benzene rings is 3. The largest absolute Gasteiger partial charge is 0.497 e. The number of methoxy groups -OCH3 is 1. The molecule has 0 aliphatic carbocycles. The highest BCUT2D eigenvalue weighted by Gasteiger charge is 2.16. The number of anilines is 1. The van der Waals surface area contributed by atoms with E-state index in [4.69, 9.17) is 23.7 Å². The molecular weight excluding hydrogens is 520 g/mol. The van der Waals surface area contributed by atoms with Crippen molar-refractivity contribution in [2.75, 3.05) is 32.4 Å². The molecule has 3 aromatic carbocycles. The molecule has 3 aromatic rings. The van der Waals surface area contributed by atoms with E-state index in [0.29, 0.717) is 46.6 Å². The summed E-state index contributed by atoms with van der Waals surface area (Å²) in [6.07, 6.45) is 1.35. The molecule has 0 saturated heterocycles. The number of ether oxygens (including phenoxy) is 5. The van der Waals surface area contributed by atoms with Crippen molar-refractivity contribution in [1.82, 2.24) is 10.7 Å². The molecular formula is C28H28N4O8. The highest BCUT2D eigenvalue weighted by atomic mass is 16.7. The first-order valence-corrected chi connectivity index (χ1v) is 12.3. The van der Waals surface area contributed by atoms with Crippen LogP contribution in [-0.4, -0.2) is 51.1 Å². The zero-order valence-corrected chi connectivity index (χ0v) is 21.9. The second-order valence-corrected chi connectivity index (χ2v) is 8.28. The Kier molecular flexibility index (Phi) is 9.38. The third kappa shape index (κ3) is 7.63. The number of hydrogen-bond acceptors (Lipinski definition) is 9. The molecule has 1 aliphatic heterocycles. The van der Waals surface area contributed by atoms with E-state index in [0.717, 1.165) is 5.56 Å². The number of amides is 3. The fraction of sp³-hybridized carbons (Fsp3) is 0.214. The van der Waals surface area contributed by atoms with Gasteiger partial charge in [0.05, 0.1) is 19.9 Å². The standard InChI is InChI=1S/C28H28N4O8/c1-3-37-24-12-19(8-9-22(24)38-16-26(33)31-20-5-4-6-21(13-20)36-2)15-30-32-28(35)27(34)29-14-18-7-10-23-25(11-18)40-17-39-23/h4-13,15H,3,14,16-17H2,1-2H3,(H,29,34)(H,31,33)(H,32,35)/b30-15-. The van der Waals surface area contributed by atoms with Crippen molar-refractivity contribution in [2.24, 2.45) is 5.10 Å². The van der Waals surface area contributed by atoms with Crippen LogP contribution >= 0.6 is 0 Å². The van der Waals surface area contributed by atoms with Crippen LogP contribution in [0.5, 0.6) is 28.7 Å². The molecule has 208 valence electrons. The summed E-state index contributed by atoms with van der Waals surface area (Å²) in [5.41, 5.74) is 4.08. The van der Waals surface area contributed by atoms with Crippen LogP contribution < -0.4 is 39.7 Å². The molecule has 0 aromatic heterocycles. The summed E-state index contributed by atoms with van der Waals surface area (Å²) in [5, 5.41) is 9.09. The minimum Gasteiger partial charge on any atom is -0.497 e. The molecule has 4 rings (SSSR count). The van der Waals surface area contributed by atoms with Gasteiger partial charge in [-0.25, -0.2) is 5.43 Å². The molecule has 1 heterocycles. The fourth-order valence-electron chi connectivity index (χ4n) is 3.56. The van der Waals surface area contributed by atoms with Crippen LogP contribution in [-0.2, 0) is 20.9 Å². The average Bonchev–Trinajstić information content (AvgIpc) is 3.43. The minimum absolute atomic E-state index is 0.128. The SMILES string of the molecule is CCOc1cc(/C=N\NC(=O)C(=O)NCc2ccc3c(c2)OCO3)ccc1OCC(=O)Nc1cccc(OC)c1. The van der Waals surface area contributed by atoms with Crippen LogP contribution in [0, 0.1) is 0 Å². The Hall–Kier alpha value is -5.26. The van der Waals surface area contributed by atoms with Gasteiger partial charge < -0.3 is 34.3 Å². The van der Waals surface area contributed by atoms with E-state index in [1.54, 1.807) is 67.8 Å². The van der Waals surface area contributed by atoms with Gasteiger partial charge in [-0.2, -0.15) is 5.10 Å². The van der Waals surface area contributed by atoms with Crippen molar-refractivity contribution < 1.29 is 38.1 Å². The summed E-state index contributed by atoms with van der Waals surface area (Å²) in [5.74, 6) is 0.433. The number of hydrogen-bond donors (Lipinski definition) is 3. The van der Waals surface area contributed by atoms with Crippen molar-refractivity contribution in [1.29, 1.82) is 0 Å². The third-order valence-corrected chi connectivity index (χ3v) is 5.46. The molecule has 0 unspecified atom stereocenters. The van der Waals surface area contributed by atoms with Crippen molar-refractivity contribution in [3.8, 4) is 28.7 Å². The lowest BCUT2D eigenvalue weighted by Gasteiger charge is -2.13. The molecule has 0 atom stereocenters. The molecule has 3 N–H and O–H groups in total. The number of rotatable bonds is 11. The summed E-state index contributed by atoms with van der Waals surface area (Å²) in [6, 6.07) is 17.1. The van der Waals surface area contributed by atoms with Crippen LogP contribution in [0.3, 0.4) is 0 Å². The molecule has 0 bridgehead atoms. The van der Waals surface area contributed by atoms with Crippen molar-refractivity contribution in [3.05, 3.63) is 71.8 Å². The number of nitrogens with zero attached hydrogens (tertiary/aromatic N) is 1. The van der Waals surface area contributed by atoms with E-state index >= 15 is 0 Å². The van der Waals surface area contributed by atoms with E-state index in [1.165, 1.54) is 6.21 Å². The van der Waals surface area contributed by atoms with Gasteiger partial charge in [0.15, 0.2) is 29.6 Å². The van der Waals surface area contributed by atoms with E-state index in [2.05, 4.69) is 21.2 Å². The Balaban J connectivity index is 1.27. The summed E-state index contributed by atoms with van der Waals surface area (Å²) in [4.78, 5) is 36.6. The van der Waals surface area contributed by atoms with Gasteiger partial charge >= 0.3 is 11.8 Å².